The monoisotopic (exact) mass is 404 g/mol. The van der Waals surface area contributed by atoms with Crippen LogP contribution in [0.5, 0.6) is 0 Å². The van der Waals surface area contributed by atoms with Crippen molar-refractivity contribution in [1.29, 1.82) is 0 Å². The van der Waals surface area contributed by atoms with Gasteiger partial charge in [-0.25, -0.2) is 4.39 Å². The van der Waals surface area contributed by atoms with Crippen molar-refractivity contribution in [3.8, 4) is 0 Å². The SMILES string of the molecule is O=C(CC1CCOC2(CCN(C(=O)c3ccc(F)cc3)CC2)C1)N1CCOCC1. The smallest absolute Gasteiger partial charge is 0.253 e. The number of rotatable bonds is 3. The highest BCUT2D eigenvalue weighted by atomic mass is 19.1. The first-order valence-corrected chi connectivity index (χ1v) is 10.6. The minimum Gasteiger partial charge on any atom is -0.378 e. The molecule has 7 heteroatoms. The van der Waals surface area contributed by atoms with Crippen molar-refractivity contribution in [2.75, 3.05) is 46.0 Å². The van der Waals surface area contributed by atoms with E-state index in [1.165, 1.54) is 24.3 Å². The summed E-state index contributed by atoms with van der Waals surface area (Å²) < 4.78 is 24.6. The summed E-state index contributed by atoms with van der Waals surface area (Å²) in [7, 11) is 0. The Morgan fingerprint density at radius 1 is 1.00 bits per heavy atom. The quantitative estimate of drug-likeness (QED) is 0.777. The first-order valence-electron chi connectivity index (χ1n) is 10.6. The first-order chi connectivity index (χ1) is 14.0. The van der Waals surface area contributed by atoms with Crippen molar-refractivity contribution in [3.05, 3.63) is 35.6 Å². The topological polar surface area (TPSA) is 59.1 Å². The molecule has 1 spiro atoms. The molecule has 1 aromatic carbocycles. The molecule has 0 aliphatic carbocycles. The molecule has 3 aliphatic rings. The molecule has 0 N–H and O–H groups in total. The molecule has 0 aromatic heterocycles. The van der Waals surface area contributed by atoms with Crippen LogP contribution in [0, 0.1) is 11.7 Å². The molecular formula is C22H29FN2O4. The fraction of sp³-hybridized carbons (Fsp3) is 0.636. The van der Waals surface area contributed by atoms with E-state index in [4.69, 9.17) is 9.47 Å². The van der Waals surface area contributed by atoms with Gasteiger partial charge in [-0.1, -0.05) is 0 Å². The summed E-state index contributed by atoms with van der Waals surface area (Å²) in [6, 6.07) is 5.71. The van der Waals surface area contributed by atoms with E-state index in [0.717, 1.165) is 25.7 Å². The van der Waals surface area contributed by atoms with E-state index >= 15 is 0 Å². The maximum Gasteiger partial charge on any atom is 0.253 e. The zero-order valence-electron chi connectivity index (χ0n) is 16.8. The molecule has 3 saturated heterocycles. The van der Waals surface area contributed by atoms with Crippen molar-refractivity contribution < 1.29 is 23.5 Å². The number of hydrogen-bond donors (Lipinski definition) is 0. The molecular weight excluding hydrogens is 375 g/mol. The summed E-state index contributed by atoms with van der Waals surface area (Å²) in [4.78, 5) is 29.0. The summed E-state index contributed by atoms with van der Waals surface area (Å²) >= 11 is 0. The zero-order valence-corrected chi connectivity index (χ0v) is 16.8. The van der Waals surface area contributed by atoms with Gasteiger partial charge in [-0.05, 0) is 55.9 Å². The van der Waals surface area contributed by atoms with Gasteiger partial charge >= 0.3 is 0 Å². The Morgan fingerprint density at radius 3 is 2.38 bits per heavy atom. The molecule has 3 heterocycles. The van der Waals surface area contributed by atoms with Crippen molar-refractivity contribution >= 4 is 11.8 Å². The Balaban J connectivity index is 1.31. The molecule has 0 saturated carbocycles. The van der Waals surface area contributed by atoms with Gasteiger partial charge in [-0.2, -0.15) is 0 Å². The fourth-order valence-corrected chi connectivity index (χ4v) is 4.73. The fourth-order valence-electron chi connectivity index (χ4n) is 4.73. The largest absolute Gasteiger partial charge is 0.378 e. The van der Waals surface area contributed by atoms with Gasteiger partial charge in [0.2, 0.25) is 5.91 Å². The lowest BCUT2D eigenvalue weighted by Crippen LogP contribution is -2.51. The summed E-state index contributed by atoms with van der Waals surface area (Å²) in [5.41, 5.74) is 0.286. The first kappa shape index (κ1) is 20.3. The molecule has 3 aliphatic heterocycles. The van der Waals surface area contributed by atoms with Gasteiger partial charge in [-0.3, -0.25) is 9.59 Å². The minimum absolute atomic E-state index is 0.0605. The van der Waals surface area contributed by atoms with Crippen LogP contribution in [0.4, 0.5) is 4.39 Å². The molecule has 6 nitrogen and oxygen atoms in total. The minimum atomic E-state index is -0.340. The van der Waals surface area contributed by atoms with Gasteiger partial charge in [-0.15, -0.1) is 0 Å². The van der Waals surface area contributed by atoms with Gasteiger partial charge in [0.25, 0.3) is 5.91 Å². The lowest BCUT2D eigenvalue weighted by Gasteiger charge is -2.46. The number of carbonyl (C=O) groups excluding carboxylic acids is 2. The predicted octanol–water partition coefficient (Wildman–Crippen LogP) is 2.48. The van der Waals surface area contributed by atoms with Crippen molar-refractivity contribution in [1.82, 2.24) is 9.80 Å². The Morgan fingerprint density at radius 2 is 1.69 bits per heavy atom. The van der Waals surface area contributed by atoms with Crippen LogP contribution in [0.15, 0.2) is 24.3 Å². The number of hydrogen-bond acceptors (Lipinski definition) is 4. The van der Waals surface area contributed by atoms with Gasteiger partial charge in [0, 0.05) is 44.8 Å². The maximum atomic E-state index is 13.1. The maximum absolute atomic E-state index is 13.1. The van der Waals surface area contributed by atoms with E-state index in [0.29, 0.717) is 63.9 Å². The second kappa shape index (κ2) is 8.79. The van der Waals surface area contributed by atoms with Crippen molar-refractivity contribution in [3.63, 3.8) is 0 Å². The van der Waals surface area contributed by atoms with Crippen molar-refractivity contribution in [2.45, 2.75) is 37.7 Å². The summed E-state index contributed by atoms with van der Waals surface area (Å²) in [5.74, 6) is 0.153. The van der Waals surface area contributed by atoms with Crippen LogP contribution >= 0.6 is 0 Å². The average molecular weight is 404 g/mol. The van der Waals surface area contributed by atoms with Crippen LogP contribution in [0.1, 0.15) is 42.5 Å². The third-order valence-corrected chi connectivity index (χ3v) is 6.48. The summed E-state index contributed by atoms with van der Waals surface area (Å²) in [6.07, 6.45) is 3.92. The number of piperidine rings is 1. The highest BCUT2D eigenvalue weighted by Crippen LogP contribution is 2.39. The van der Waals surface area contributed by atoms with Crippen LogP contribution in [0.3, 0.4) is 0 Å². The lowest BCUT2D eigenvalue weighted by molar-refractivity contribution is -0.143. The van der Waals surface area contributed by atoms with Crippen LogP contribution in [0.2, 0.25) is 0 Å². The second-order valence-corrected chi connectivity index (χ2v) is 8.39. The van der Waals surface area contributed by atoms with Crippen LogP contribution in [-0.2, 0) is 14.3 Å². The molecule has 1 unspecified atom stereocenters. The van der Waals surface area contributed by atoms with Gasteiger partial charge < -0.3 is 19.3 Å². The third-order valence-electron chi connectivity index (χ3n) is 6.48. The number of benzene rings is 1. The lowest BCUT2D eigenvalue weighted by atomic mass is 9.78. The molecule has 0 bridgehead atoms. The standard InChI is InChI=1S/C22H29FN2O4/c23-19-3-1-18(2-4-19)21(27)25-8-6-22(7-9-25)16-17(5-12-29-22)15-20(26)24-10-13-28-14-11-24/h1-4,17H,5-16H2. The predicted molar refractivity (Wildman–Crippen MR) is 105 cm³/mol. The van der Waals surface area contributed by atoms with Crippen LogP contribution in [-0.4, -0.2) is 73.2 Å². The third kappa shape index (κ3) is 4.78. The van der Waals surface area contributed by atoms with Gasteiger partial charge in [0.15, 0.2) is 0 Å². The van der Waals surface area contributed by atoms with E-state index in [1.807, 2.05) is 9.80 Å². The number of likely N-dealkylation sites (tertiary alicyclic amines) is 1. The van der Waals surface area contributed by atoms with Crippen LogP contribution in [0.25, 0.3) is 0 Å². The number of nitrogens with zero attached hydrogens (tertiary/aromatic N) is 2. The number of ether oxygens (including phenoxy) is 2. The van der Waals surface area contributed by atoms with Crippen molar-refractivity contribution in [2.24, 2.45) is 5.92 Å². The normalized spacial score (nSPS) is 24.5. The van der Waals surface area contributed by atoms with E-state index in [9.17, 15) is 14.0 Å². The Kier molecular flexibility index (Phi) is 6.15. The van der Waals surface area contributed by atoms with E-state index in [2.05, 4.69) is 0 Å². The van der Waals surface area contributed by atoms with Gasteiger partial charge in [0.1, 0.15) is 5.82 Å². The van der Waals surface area contributed by atoms with E-state index in [-0.39, 0.29) is 23.2 Å². The van der Waals surface area contributed by atoms with Crippen LogP contribution < -0.4 is 0 Å². The molecule has 1 atom stereocenters. The molecule has 3 fully saturated rings. The summed E-state index contributed by atoms with van der Waals surface area (Å²) in [6.45, 7) is 4.55. The number of halogens is 1. The zero-order chi connectivity index (χ0) is 20.3. The van der Waals surface area contributed by atoms with E-state index in [1.54, 1.807) is 0 Å². The highest BCUT2D eigenvalue weighted by Gasteiger charge is 2.42. The highest BCUT2D eigenvalue weighted by molar-refractivity contribution is 5.94. The second-order valence-electron chi connectivity index (χ2n) is 8.39. The Bertz CT molecular complexity index is 725. The molecule has 158 valence electrons. The molecule has 2 amide bonds. The molecule has 4 rings (SSSR count). The van der Waals surface area contributed by atoms with E-state index < -0.39 is 0 Å². The molecule has 0 radical (unpaired) electrons. The molecule has 1 aromatic rings. The Hall–Kier alpha value is -1.99. The number of morpholine rings is 1. The van der Waals surface area contributed by atoms with Gasteiger partial charge in [0.05, 0.1) is 18.8 Å². The number of amides is 2. The summed E-state index contributed by atoms with van der Waals surface area (Å²) in [5, 5.41) is 0. The average Bonchev–Trinajstić information content (AvgIpc) is 2.75. The Labute approximate surface area is 170 Å². The number of carbonyl (C=O) groups is 2. The molecule has 29 heavy (non-hydrogen) atoms.